The lowest BCUT2D eigenvalue weighted by Gasteiger charge is -2.24. The molecule has 2 amide bonds. The van der Waals surface area contributed by atoms with Gasteiger partial charge in [0, 0.05) is 39.6 Å². The van der Waals surface area contributed by atoms with Crippen LogP contribution in [-0.4, -0.2) is 49.6 Å². The number of hydrogen-bond acceptors (Lipinski definition) is 3. The molecule has 0 aliphatic carbocycles. The first-order valence-electron chi connectivity index (χ1n) is 7.31. The van der Waals surface area contributed by atoms with Crippen LogP contribution in [0.1, 0.15) is 18.4 Å². The Morgan fingerprint density at radius 1 is 1.29 bits per heavy atom. The molecule has 0 spiro atoms. The fraction of sp³-hybridized carbons (Fsp3) is 0.500. The summed E-state index contributed by atoms with van der Waals surface area (Å²) in [7, 11) is 1.65. The third-order valence-corrected chi connectivity index (χ3v) is 3.61. The number of benzene rings is 1. The highest BCUT2D eigenvalue weighted by Gasteiger charge is 2.29. The minimum absolute atomic E-state index is 0.000746. The Balaban J connectivity index is 2.03. The normalized spacial score (nSPS) is 19.3. The summed E-state index contributed by atoms with van der Waals surface area (Å²) in [5, 5.41) is 2.84. The Bertz CT molecular complexity index is 476. The third kappa shape index (κ3) is 4.56. The first kappa shape index (κ1) is 15.5. The molecule has 0 radical (unpaired) electrons. The van der Waals surface area contributed by atoms with Gasteiger partial charge in [0.1, 0.15) is 6.04 Å². The van der Waals surface area contributed by atoms with Gasteiger partial charge in [-0.3, -0.25) is 9.59 Å². The van der Waals surface area contributed by atoms with E-state index in [0.717, 1.165) is 12.0 Å². The van der Waals surface area contributed by atoms with Gasteiger partial charge in [-0.25, -0.2) is 0 Å². The van der Waals surface area contributed by atoms with E-state index in [1.807, 2.05) is 30.3 Å². The fourth-order valence-corrected chi connectivity index (χ4v) is 2.51. The maximum absolute atomic E-state index is 12.6. The largest absolute Gasteiger partial charge is 0.385 e. The molecular formula is C16H22N2O3. The van der Waals surface area contributed by atoms with Crippen LogP contribution in [0, 0.1) is 0 Å². The molecule has 0 aromatic heterocycles. The number of hydrogen-bond donors (Lipinski definition) is 1. The number of carbonyl (C=O) groups is 2. The average Bonchev–Trinajstić information content (AvgIpc) is 2.62. The van der Waals surface area contributed by atoms with Gasteiger partial charge in [0.15, 0.2) is 0 Å². The van der Waals surface area contributed by atoms with Crippen LogP contribution in [0.4, 0.5) is 0 Å². The summed E-state index contributed by atoms with van der Waals surface area (Å²) < 4.78 is 5.02. The van der Waals surface area contributed by atoms with Gasteiger partial charge in [0.05, 0.1) is 0 Å². The first-order chi connectivity index (χ1) is 10.2. The van der Waals surface area contributed by atoms with E-state index in [9.17, 15) is 9.59 Å². The molecular weight excluding hydrogens is 268 g/mol. The molecule has 21 heavy (non-hydrogen) atoms. The number of nitrogens with one attached hydrogen (secondary N) is 1. The van der Waals surface area contributed by atoms with Crippen LogP contribution in [0.15, 0.2) is 30.3 Å². The van der Waals surface area contributed by atoms with Crippen LogP contribution < -0.4 is 5.32 Å². The Labute approximate surface area is 125 Å². The summed E-state index contributed by atoms with van der Waals surface area (Å²) in [6, 6.07) is 9.29. The second kappa shape index (κ2) is 7.78. The Morgan fingerprint density at radius 3 is 2.76 bits per heavy atom. The molecule has 1 aromatic rings. The van der Waals surface area contributed by atoms with E-state index in [0.29, 0.717) is 32.5 Å². The molecule has 1 aliphatic rings. The minimum Gasteiger partial charge on any atom is -0.385 e. The maximum atomic E-state index is 12.6. The van der Waals surface area contributed by atoms with Gasteiger partial charge < -0.3 is 15.0 Å². The van der Waals surface area contributed by atoms with Crippen LogP contribution in [-0.2, 0) is 20.7 Å². The molecule has 0 bridgehead atoms. The van der Waals surface area contributed by atoms with Crippen molar-refractivity contribution in [1.29, 1.82) is 0 Å². The highest BCUT2D eigenvalue weighted by Crippen LogP contribution is 2.10. The van der Waals surface area contributed by atoms with Gasteiger partial charge in [0.25, 0.3) is 0 Å². The predicted octanol–water partition coefficient (Wildman–Crippen LogP) is 0.983. The van der Waals surface area contributed by atoms with Crippen molar-refractivity contribution in [1.82, 2.24) is 10.2 Å². The van der Waals surface area contributed by atoms with Gasteiger partial charge in [-0.2, -0.15) is 0 Å². The zero-order valence-corrected chi connectivity index (χ0v) is 12.4. The van der Waals surface area contributed by atoms with Crippen molar-refractivity contribution in [2.24, 2.45) is 0 Å². The van der Waals surface area contributed by atoms with E-state index in [1.54, 1.807) is 12.0 Å². The van der Waals surface area contributed by atoms with Crippen molar-refractivity contribution in [3.63, 3.8) is 0 Å². The predicted molar refractivity (Wildman–Crippen MR) is 79.8 cm³/mol. The Kier molecular flexibility index (Phi) is 5.75. The number of nitrogens with zero attached hydrogens (tertiary/aromatic N) is 1. The molecule has 5 heteroatoms. The number of carbonyl (C=O) groups excluding carboxylic acids is 2. The molecule has 1 N–H and O–H groups in total. The standard InChI is InChI=1S/C16H22N2O3/c1-21-11-5-9-18-10-8-15(19)17-14(16(18)20)12-13-6-3-2-4-7-13/h2-4,6-7,14H,5,8-12H2,1H3,(H,17,19). The van der Waals surface area contributed by atoms with Gasteiger partial charge >= 0.3 is 0 Å². The molecule has 1 aromatic carbocycles. The third-order valence-electron chi connectivity index (χ3n) is 3.61. The van der Waals surface area contributed by atoms with Crippen molar-refractivity contribution >= 4 is 11.8 Å². The second-order valence-corrected chi connectivity index (χ2v) is 5.23. The minimum atomic E-state index is -0.468. The van der Waals surface area contributed by atoms with Crippen molar-refractivity contribution in [3.05, 3.63) is 35.9 Å². The lowest BCUT2D eigenvalue weighted by molar-refractivity contribution is -0.133. The molecule has 1 fully saturated rings. The lowest BCUT2D eigenvalue weighted by atomic mass is 10.1. The van der Waals surface area contributed by atoms with E-state index in [4.69, 9.17) is 4.74 Å². The van der Waals surface area contributed by atoms with Crippen molar-refractivity contribution in [2.45, 2.75) is 25.3 Å². The van der Waals surface area contributed by atoms with E-state index < -0.39 is 6.04 Å². The van der Waals surface area contributed by atoms with Crippen LogP contribution in [0.2, 0.25) is 0 Å². The summed E-state index contributed by atoms with van der Waals surface area (Å²) >= 11 is 0. The average molecular weight is 290 g/mol. The van der Waals surface area contributed by atoms with Gasteiger partial charge in [0.2, 0.25) is 11.8 Å². The van der Waals surface area contributed by atoms with Gasteiger partial charge in [-0.05, 0) is 12.0 Å². The summed E-state index contributed by atoms with van der Waals surface area (Å²) in [5.41, 5.74) is 1.05. The quantitative estimate of drug-likeness (QED) is 0.795. The fourth-order valence-electron chi connectivity index (χ4n) is 2.51. The zero-order valence-electron chi connectivity index (χ0n) is 12.4. The van der Waals surface area contributed by atoms with Crippen molar-refractivity contribution < 1.29 is 14.3 Å². The van der Waals surface area contributed by atoms with Crippen molar-refractivity contribution in [3.8, 4) is 0 Å². The van der Waals surface area contributed by atoms with Gasteiger partial charge in [-0.1, -0.05) is 30.3 Å². The number of amides is 2. The van der Waals surface area contributed by atoms with Crippen LogP contribution >= 0.6 is 0 Å². The van der Waals surface area contributed by atoms with Crippen molar-refractivity contribution in [2.75, 3.05) is 26.8 Å². The highest BCUT2D eigenvalue weighted by molar-refractivity contribution is 5.90. The topological polar surface area (TPSA) is 58.6 Å². The first-order valence-corrected chi connectivity index (χ1v) is 7.31. The molecule has 1 saturated heterocycles. The van der Waals surface area contributed by atoms with E-state index in [-0.39, 0.29) is 11.8 Å². The summed E-state index contributed by atoms with van der Waals surface area (Å²) in [4.78, 5) is 26.1. The lowest BCUT2D eigenvalue weighted by Crippen LogP contribution is -2.46. The molecule has 2 rings (SSSR count). The Hall–Kier alpha value is -1.88. The molecule has 1 heterocycles. The highest BCUT2D eigenvalue weighted by atomic mass is 16.5. The molecule has 1 unspecified atom stereocenters. The van der Waals surface area contributed by atoms with Crippen LogP contribution in [0.25, 0.3) is 0 Å². The van der Waals surface area contributed by atoms with Crippen LogP contribution in [0.5, 0.6) is 0 Å². The number of ether oxygens (including phenoxy) is 1. The maximum Gasteiger partial charge on any atom is 0.245 e. The smallest absolute Gasteiger partial charge is 0.245 e. The van der Waals surface area contributed by atoms with E-state index >= 15 is 0 Å². The second-order valence-electron chi connectivity index (χ2n) is 5.23. The Morgan fingerprint density at radius 2 is 2.05 bits per heavy atom. The zero-order chi connectivity index (χ0) is 15.1. The number of rotatable bonds is 6. The summed E-state index contributed by atoms with van der Waals surface area (Å²) in [5.74, 6) is -0.0562. The molecule has 1 atom stereocenters. The molecule has 5 nitrogen and oxygen atoms in total. The monoisotopic (exact) mass is 290 g/mol. The van der Waals surface area contributed by atoms with E-state index in [2.05, 4.69) is 5.32 Å². The van der Waals surface area contributed by atoms with Crippen LogP contribution in [0.3, 0.4) is 0 Å². The molecule has 0 saturated carbocycles. The van der Waals surface area contributed by atoms with E-state index in [1.165, 1.54) is 0 Å². The molecule has 114 valence electrons. The SMILES string of the molecule is COCCCN1CCC(=O)NC(Cc2ccccc2)C1=O. The molecule has 1 aliphatic heterocycles. The summed E-state index contributed by atoms with van der Waals surface area (Å²) in [6.07, 6.45) is 1.69. The number of methoxy groups -OCH3 is 1. The van der Waals surface area contributed by atoms with Gasteiger partial charge in [-0.15, -0.1) is 0 Å². The summed E-state index contributed by atoms with van der Waals surface area (Å²) in [6.45, 7) is 1.74.